The summed E-state index contributed by atoms with van der Waals surface area (Å²) in [5.74, 6) is -2.44. The van der Waals surface area contributed by atoms with Crippen molar-refractivity contribution in [1.29, 1.82) is 0 Å². The van der Waals surface area contributed by atoms with E-state index in [0.29, 0.717) is 22.8 Å². The molecule has 0 radical (unpaired) electrons. The fourth-order valence-electron chi connectivity index (χ4n) is 5.54. The summed E-state index contributed by atoms with van der Waals surface area (Å²) in [4.78, 5) is 27.6. The van der Waals surface area contributed by atoms with Gasteiger partial charge in [0.25, 0.3) is 5.91 Å². The highest BCUT2D eigenvalue weighted by Crippen LogP contribution is 2.59. The maximum atomic E-state index is 15.4. The Morgan fingerprint density at radius 3 is 2.67 bits per heavy atom. The van der Waals surface area contributed by atoms with Gasteiger partial charge in [-0.1, -0.05) is 55.2 Å². The highest BCUT2D eigenvalue weighted by atomic mass is 35.5. The predicted molar refractivity (Wildman–Crippen MR) is 124 cm³/mol. The van der Waals surface area contributed by atoms with Gasteiger partial charge < -0.3 is 10.4 Å². The molecule has 0 bridgehead atoms. The van der Waals surface area contributed by atoms with E-state index in [1.807, 2.05) is 13.8 Å². The van der Waals surface area contributed by atoms with Gasteiger partial charge >= 0.3 is 0 Å². The monoisotopic (exact) mass is 495 g/mol. The molecular weight excluding hydrogens is 472 g/mol. The van der Waals surface area contributed by atoms with E-state index in [1.54, 1.807) is 23.1 Å². The van der Waals surface area contributed by atoms with Crippen molar-refractivity contribution < 1.29 is 19.2 Å². The highest BCUT2D eigenvalue weighted by Gasteiger charge is 2.71. The van der Waals surface area contributed by atoms with Gasteiger partial charge in [-0.15, -0.1) is 0 Å². The lowest BCUT2D eigenvalue weighted by molar-refractivity contribution is -0.528. The van der Waals surface area contributed by atoms with Gasteiger partial charge in [-0.2, -0.15) is 0 Å². The zero-order chi connectivity index (χ0) is 24.1. The van der Waals surface area contributed by atoms with Crippen molar-refractivity contribution >= 4 is 34.8 Å². The minimum absolute atomic E-state index is 0.00338. The molecular formula is C23H24Cl2FN3O4. The Balaban J connectivity index is 2.09. The van der Waals surface area contributed by atoms with Gasteiger partial charge in [0.05, 0.1) is 17.0 Å². The van der Waals surface area contributed by atoms with Crippen LogP contribution in [0.1, 0.15) is 37.3 Å². The third kappa shape index (κ3) is 3.60. The number of benzene rings is 2. The summed E-state index contributed by atoms with van der Waals surface area (Å²) in [6, 6.07) is 7.01. The Bertz CT molecular complexity index is 1120. The van der Waals surface area contributed by atoms with E-state index in [0.717, 1.165) is 0 Å². The number of nitro groups is 1. The lowest BCUT2D eigenvalue weighted by atomic mass is 9.73. The molecule has 7 nitrogen and oxygen atoms in total. The lowest BCUT2D eigenvalue weighted by Crippen LogP contribution is -2.53. The Hall–Kier alpha value is -2.26. The van der Waals surface area contributed by atoms with Gasteiger partial charge in [0.1, 0.15) is 11.4 Å². The zero-order valence-electron chi connectivity index (χ0n) is 18.1. The number of halogens is 3. The Kier molecular flexibility index (Phi) is 6.39. The maximum absolute atomic E-state index is 15.4. The molecule has 10 heteroatoms. The molecule has 1 fully saturated rings. The maximum Gasteiger partial charge on any atom is 0.250 e. The zero-order valence-corrected chi connectivity index (χ0v) is 19.6. The number of aliphatic hydroxyl groups excluding tert-OH is 1. The Morgan fingerprint density at radius 1 is 1.30 bits per heavy atom. The first-order valence-electron chi connectivity index (χ1n) is 10.7. The SMILES string of the molecule is CC(C)CN1[C@@H](CCO)[C@@H]([N+](=O)[O-])[C@H](c2cccc(Cl)c2F)[C@]12C(=O)Nc1cc(Cl)ccc12. The summed E-state index contributed by atoms with van der Waals surface area (Å²) in [6.07, 6.45) is 0.0506. The summed E-state index contributed by atoms with van der Waals surface area (Å²) >= 11 is 12.2. The third-order valence-electron chi connectivity index (χ3n) is 6.57. The summed E-state index contributed by atoms with van der Waals surface area (Å²) in [5, 5.41) is 25.3. The van der Waals surface area contributed by atoms with Crippen molar-refractivity contribution in [3.8, 4) is 0 Å². The average molecular weight is 496 g/mol. The molecule has 0 unspecified atom stereocenters. The number of hydrogen-bond acceptors (Lipinski definition) is 5. The number of fused-ring (bicyclic) bond motifs is 2. The Labute approximate surface area is 200 Å². The van der Waals surface area contributed by atoms with Crippen molar-refractivity contribution in [3.63, 3.8) is 0 Å². The van der Waals surface area contributed by atoms with Crippen LogP contribution >= 0.6 is 23.2 Å². The van der Waals surface area contributed by atoms with E-state index in [9.17, 15) is 20.0 Å². The summed E-state index contributed by atoms with van der Waals surface area (Å²) in [7, 11) is 0. The first-order chi connectivity index (χ1) is 15.6. The van der Waals surface area contributed by atoms with E-state index >= 15 is 4.39 Å². The fourth-order valence-corrected chi connectivity index (χ4v) is 5.90. The second kappa shape index (κ2) is 8.83. The van der Waals surface area contributed by atoms with Crippen molar-refractivity contribution in [3.05, 3.63) is 73.5 Å². The number of carbonyl (C=O) groups is 1. The minimum Gasteiger partial charge on any atom is -0.396 e. The van der Waals surface area contributed by atoms with Crippen LogP contribution in [-0.2, 0) is 10.3 Å². The van der Waals surface area contributed by atoms with Crippen molar-refractivity contribution in [1.82, 2.24) is 4.90 Å². The quantitative estimate of drug-likeness (QED) is 0.456. The number of amides is 1. The molecule has 33 heavy (non-hydrogen) atoms. The van der Waals surface area contributed by atoms with E-state index in [2.05, 4.69) is 5.32 Å². The van der Waals surface area contributed by atoms with Crippen LogP contribution in [0.4, 0.5) is 10.1 Å². The van der Waals surface area contributed by atoms with Crippen LogP contribution in [0.3, 0.4) is 0 Å². The molecule has 2 aliphatic rings. The molecule has 1 spiro atoms. The number of nitrogens with zero attached hydrogens (tertiary/aromatic N) is 2. The second-order valence-electron chi connectivity index (χ2n) is 8.93. The molecule has 1 amide bonds. The number of rotatable bonds is 6. The van der Waals surface area contributed by atoms with Crippen LogP contribution < -0.4 is 5.32 Å². The van der Waals surface area contributed by atoms with Gasteiger partial charge in [0.15, 0.2) is 0 Å². The Morgan fingerprint density at radius 2 is 2.03 bits per heavy atom. The van der Waals surface area contributed by atoms with Gasteiger partial charge in [0.2, 0.25) is 6.04 Å². The first kappa shape index (κ1) is 23.9. The number of anilines is 1. The van der Waals surface area contributed by atoms with Crippen molar-refractivity contribution in [2.45, 2.75) is 43.8 Å². The molecule has 0 saturated carbocycles. The number of hydrogen-bond donors (Lipinski definition) is 2. The number of carbonyl (C=O) groups excluding carboxylic acids is 1. The summed E-state index contributed by atoms with van der Waals surface area (Å²) in [5.41, 5.74) is -0.654. The van der Waals surface area contributed by atoms with E-state index < -0.39 is 40.2 Å². The van der Waals surface area contributed by atoms with Crippen molar-refractivity contribution in [2.24, 2.45) is 5.92 Å². The largest absolute Gasteiger partial charge is 0.396 e. The molecule has 2 N–H and O–H groups in total. The van der Waals surface area contributed by atoms with Crippen LogP contribution in [0.5, 0.6) is 0 Å². The fraction of sp³-hybridized carbons (Fsp3) is 0.435. The number of nitrogens with one attached hydrogen (secondary N) is 1. The molecule has 0 aromatic heterocycles. The molecule has 4 rings (SSSR count). The van der Waals surface area contributed by atoms with Crippen LogP contribution in [0, 0.1) is 21.8 Å². The molecule has 176 valence electrons. The molecule has 2 aromatic carbocycles. The minimum atomic E-state index is -1.58. The van der Waals surface area contributed by atoms with E-state index in [4.69, 9.17) is 23.2 Å². The van der Waals surface area contributed by atoms with Gasteiger partial charge in [-0.25, -0.2) is 4.39 Å². The predicted octanol–water partition coefficient (Wildman–Crippen LogP) is 4.43. The second-order valence-corrected chi connectivity index (χ2v) is 9.78. The first-order valence-corrected chi connectivity index (χ1v) is 11.5. The van der Waals surface area contributed by atoms with E-state index in [1.165, 1.54) is 18.2 Å². The molecule has 2 heterocycles. The lowest BCUT2D eigenvalue weighted by Gasteiger charge is -2.39. The van der Waals surface area contributed by atoms with Crippen molar-refractivity contribution in [2.75, 3.05) is 18.5 Å². The third-order valence-corrected chi connectivity index (χ3v) is 7.10. The topological polar surface area (TPSA) is 95.7 Å². The number of likely N-dealkylation sites (tertiary alicyclic amines) is 1. The molecule has 2 aliphatic heterocycles. The normalized spacial score (nSPS) is 26.8. The van der Waals surface area contributed by atoms with Crippen LogP contribution in [-0.4, -0.2) is 46.1 Å². The highest BCUT2D eigenvalue weighted by molar-refractivity contribution is 6.31. The van der Waals surface area contributed by atoms with Crippen LogP contribution in [0.2, 0.25) is 10.0 Å². The number of aliphatic hydroxyl groups is 1. The average Bonchev–Trinajstić information content (AvgIpc) is 3.17. The van der Waals surface area contributed by atoms with Gasteiger partial charge in [0, 0.05) is 39.9 Å². The van der Waals surface area contributed by atoms with Crippen LogP contribution in [0.25, 0.3) is 0 Å². The molecule has 2 aromatic rings. The smallest absolute Gasteiger partial charge is 0.250 e. The van der Waals surface area contributed by atoms with E-state index in [-0.39, 0.29) is 29.5 Å². The summed E-state index contributed by atoms with van der Waals surface area (Å²) in [6.45, 7) is 3.88. The molecule has 4 atom stereocenters. The van der Waals surface area contributed by atoms with Crippen LogP contribution in [0.15, 0.2) is 36.4 Å². The summed E-state index contributed by atoms with van der Waals surface area (Å²) < 4.78 is 15.4. The van der Waals surface area contributed by atoms with Gasteiger partial charge in [-0.05, 0) is 30.5 Å². The molecule has 0 aliphatic carbocycles. The molecule has 1 saturated heterocycles. The van der Waals surface area contributed by atoms with Gasteiger partial charge in [-0.3, -0.25) is 19.8 Å². The standard InChI is InChI=1S/C23H24Cl2FN3O4/c1-12(2)11-28-18(8-9-30)21(29(32)33)19(14-4-3-5-16(25)20(14)26)23(28)15-7-6-13(24)10-17(15)27-22(23)31/h3-7,10,12,18-19,21,30H,8-9,11H2,1-2H3,(H,27,31)/t18-,19-,21+,23+/m0/s1.